The number of carbonyl (C=O) groups is 1. The molecule has 0 aliphatic rings. The van der Waals surface area contributed by atoms with E-state index < -0.39 is 0 Å². The monoisotopic (exact) mass is 241 g/mol. The van der Waals surface area contributed by atoms with Crippen LogP contribution >= 0.6 is 11.3 Å². The van der Waals surface area contributed by atoms with Gasteiger partial charge in [0.15, 0.2) is 0 Å². The molecule has 16 heavy (non-hydrogen) atoms. The first-order chi connectivity index (χ1) is 7.63. The van der Waals surface area contributed by atoms with Gasteiger partial charge in [0.1, 0.15) is 5.01 Å². The number of unbranched alkanes of at least 4 members (excludes halogenated alkanes) is 1. The van der Waals surface area contributed by atoms with Gasteiger partial charge in [0, 0.05) is 11.1 Å². The van der Waals surface area contributed by atoms with Crippen molar-refractivity contribution in [1.29, 1.82) is 0 Å². The van der Waals surface area contributed by atoms with Crippen molar-refractivity contribution in [3.05, 3.63) is 16.1 Å². The molecule has 0 aliphatic carbocycles. The molecular formula is C11H19N3OS. The topological polar surface area (TPSA) is 68.0 Å². The van der Waals surface area contributed by atoms with E-state index in [0.29, 0.717) is 6.54 Å². The highest BCUT2D eigenvalue weighted by atomic mass is 32.1. The van der Waals surface area contributed by atoms with Crippen LogP contribution in [0.5, 0.6) is 0 Å². The number of rotatable bonds is 6. The van der Waals surface area contributed by atoms with E-state index in [-0.39, 0.29) is 11.9 Å². The SMILES string of the molecule is CCCC[C@H](N)C(=O)NCc1ncc(C)s1. The quantitative estimate of drug-likeness (QED) is 0.794. The number of hydrogen-bond donors (Lipinski definition) is 2. The molecule has 0 aliphatic heterocycles. The second-order valence-electron chi connectivity index (χ2n) is 3.83. The number of amides is 1. The molecule has 1 aromatic rings. The number of nitrogens with one attached hydrogen (secondary N) is 1. The zero-order chi connectivity index (χ0) is 12.0. The summed E-state index contributed by atoms with van der Waals surface area (Å²) in [4.78, 5) is 16.9. The molecule has 5 heteroatoms. The predicted molar refractivity (Wildman–Crippen MR) is 66.2 cm³/mol. The third-order valence-corrected chi connectivity index (χ3v) is 3.20. The van der Waals surface area contributed by atoms with Crippen molar-refractivity contribution in [2.24, 2.45) is 5.73 Å². The average molecular weight is 241 g/mol. The standard InChI is InChI=1S/C11H19N3OS/c1-3-4-5-9(12)11(15)14-7-10-13-6-8(2)16-10/h6,9H,3-5,7,12H2,1-2H3,(H,14,15)/t9-/m0/s1. The van der Waals surface area contributed by atoms with Crippen LogP contribution in [0.15, 0.2) is 6.20 Å². The maximum absolute atomic E-state index is 11.6. The summed E-state index contributed by atoms with van der Waals surface area (Å²) in [6.07, 6.45) is 4.61. The maximum Gasteiger partial charge on any atom is 0.237 e. The van der Waals surface area contributed by atoms with Crippen LogP contribution in [0.4, 0.5) is 0 Å². The van der Waals surface area contributed by atoms with Crippen LogP contribution in [0.3, 0.4) is 0 Å². The predicted octanol–water partition coefficient (Wildman–Crippen LogP) is 1.59. The lowest BCUT2D eigenvalue weighted by Crippen LogP contribution is -2.40. The summed E-state index contributed by atoms with van der Waals surface area (Å²) in [6, 6.07) is -0.388. The van der Waals surface area contributed by atoms with Gasteiger partial charge in [0.2, 0.25) is 5.91 Å². The number of nitrogens with zero attached hydrogens (tertiary/aromatic N) is 1. The Labute approximate surface area is 100 Å². The van der Waals surface area contributed by atoms with E-state index >= 15 is 0 Å². The van der Waals surface area contributed by atoms with Crippen LogP contribution in [-0.2, 0) is 11.3 Å². The Morgan fingerprint density at radius 3 is 3.00 bits per heavy atom. The third kappa shape index (κ3) is 4.28. The molecule has 0 unspecified atom stereocenters. The molecule has 4 nitrogen and oxygen atoms in total. The highest BCUT2D eigenvalue weighted by Crippen LogP contribution is 2.10. The highest BCUT2D eigenvalue weighted by molar-refractivity contribution is 7.11. The van der Waals surface area contributed by atoms with Gasteiger partial charge in [-0.25, -0.2) is 4.98 Å². The average Bonchev–Trinajstić information content (AvgIpc) is 2.68. The first-order valence-corrected chi connectivity index (χ1v) is 6.39. The molecule has 1 rings (SSSR count). The van der Waals surface area contributed by atoms with Gasteiger partial charge in [0.05, 0.1) is 12.6 Å². The molecule has 0 aromatic carbocycles. The Bertz CT molecular complexity index is 338. The minimum atomic E-state index is -0.388. The van der Waals surface area contributed by atoms with Gasteiger partial charge < -0.3 is 11.1 Å². The second kappa shape index (κ2) is 6.60. The summed E-state index contributed by atoms with van der Waals surface area (Å²) in [7, 11) is 0. The van der Waals surface area contributed by atoms with E-state index in [1.165, 1.54) is 0 Å². The summed E-state index contributed by atoms with van der Waals surface area (Å²) in [5.74, 6) is -0.0821. The summed E-state index contributed by atoms with van der Waals surface area (Å²) < 4.78 is 0. The van der Waals surface area contributed by atoms with Crippen LogP contribution < -0.4 is 11.1 Å². The van der Waals surface area contributed by atoms with Crippen molar-refractivity contribution in [2.75, 3.05) is 0 Å². The van der Waals surface area contributed by atoms with Gasteiger partial charge in [-0.05, 0) is 13.3 Å². The molecule has 0 spiro atoms. The fourth-order valence-corrected chi connectivity index (χ4v) is 2.06. The van der Waals surface area contributed by atoms with Crippen LogP contribution in [-0.4, -0.2) is 16.9 Å². The molecule has 1 atom stereocenters. The third-order valence-electron chi connectivity index (χ3n) is 2.29. The Kier molecular flexibility index (Phi) is 5.42. The number of carbonyl (C=O) groups excluding carboxylic acids is 1. The van der Waals surface area contributed by atoms with Crippen LogP contribution in [0, 0.1) is 6.92 Å². The van der Waals surface area contributed by atoms with Crippen LogP contribution in [0.2, 0.25) is 0 Å². The largest absolute Gasteiger partial charge is 0.348 e. The van der Waals surface area contributed by atoms with Gasteiger partial charge in [0.25, 0.3) is 0 Å². The Hall–Kier alpha value is -0.940. The lowest BCUT2D eigenvalue weighted by atomic mass is 10.1. The summed E-state index contributed by atoms with van der Waals surface area (Å²) >= 11 is 1.59. The minimum Gasteiger partial charge on any atom is -0.348 e. The number of aromatic nitrogens is 1. The fraction of sp³-hybridized carbons (Fsp3) is 0.636. The summed E-state index contributed by atoms with van der Waals surface area (Å²) in [5.41, 5.74) is 5.74. The maximum atomic E-state index is 11.6. The van der Waals surface area contributed by atoms with Gasteiger partial charge in [-0.1, -0.05) is 19.8 Å². The van der Waals surface area contributed by atoms with Gasteiger partial charge in [-0.3, -0.25) is 4.79 Å². The number of hydrogen-bond acceptors (Lipinski definition) is 4. The molecule has 1 amide bonds. The molecule has 0 radical (unpaired) electrons. The van der Waals surface area contributed by atoms with E-state index in [0.717, 1.165) is 29.1 Å². The molecule has 0 bridgehead atoms. The highest BCUT2D eigenvalue weighted by Gasteiger charge is 2.12. The van der Waals surface area contributed by atoms with Gasteiger partial charge in [-0.2, -0.15) is 0 Å². The van der Waals surface area contributed by atoms with E-state index in [1.54, 1.807) is 11.3 Å². The molecule has 3 N–H and O–H groups in total. The minimum absolute atomic E-state index is 0.0821. The van der Waals surface area contributed by atoms with E-state index in [1.807, 2.05) is 13.1 Å². The van der Waals surface area contributed by atoms with Gasteiger partial charge in [-0.15, -0.1) is 11.3 Å². The Morgan fingerprint density at radius 1 is 1.69 bits per heavy atom. The molecule has 1 aromatic heterocycles. The molecule has 90 valence electrons. The number of thiazole rings is 1. The number of nitrogens with two attached hydrogens (primary N) is 1. The van der Waals surface area contributed by atoms with Gasteiger partial charge >= 0.3 is 0 Å². The number of aryl methyl sites for hydroxylation is 1. The van der Waals surface area contributed by atoms with Crippen molar-refractivity contribution < 1.29 is 4.79 Å². The molecular weight excluding hydrogens is 222 g/mol. The zero-order valence-corrected chi connectivity index (χ0v) is 10.6. The van der Waals surface area contributed by atoms with Crippen LogP contribution in [0.25, 0.3) is 0 Å². The van der Waals surface area contributed by atoms with Crippen molar-refractivity contribution in [1.82, 2.24) is 10.3 Å². The Balaban J connectivity index is 2.29. The molecule has 0 saturated carbocycles. The van der Waals surface area contributed by atoms with Crippen molar-refractivity contribution >= 4 is 17.2 Å². The Morgan fingerprint density at radius 2 is 2.44 bits per heavy atom. The van der Waals surface area contributed by atoms with Crippen LogP contribution in [0.1, 0.15) is 36.1 Å². The first kappa shape index (κ1) is 13.1. The fourth-order valence-electron chi connectivity index (χ4n) is 1.33. The van der Waals surface area contributed by atoms with Crippen molar-refractivity contribution in [2.45, 2.75) is 45.7 Å². The lowest BCUT2D eigenvalue weighted by Gasteiger charge is -2.10. The van der Waals surface area contributed by atoms with E-state index in [4.69, 9.17) is 5.73 Å². The van der Waals surface area contributed by atoms with E-state index in [2.05, 4.69) is 17.2 Å². The molecule has 0 fully saturated rings. The second-order valence-corrected chi connectivity index (χ2v) is 5.15. The molecule has 0 saturated heterocycles. The summed E-state index contributed by atoms with van der Waals surface area (Å²) in [5, 5.41) is 3.73. The van der Waals surface area contributed by atoms with E-state index in [9.17, 15) is 4.79 Å². The molecule has 1 heterocycles. The first-order valence-electron chi connectivity index (χ1n) is 5.58. The van der Waals surface area contributed by atoms with Crippen molar-refractivity contribution in [3.8, 4) is 0 Å². The lowest BCUT2D eigenvalue weighted by molar-refractivity contribution is -0.122. The zero-order valence-electron chi connectivity index (χ0n) is 9.82. The normalized spacial score (nSPS) is 12.4. The summed E-state index contributed by atoms with van der Waals surface area (Å²) in [6.45, 7) is 4.57. The van der Waals surface area contributed by atoms with Crippen molar-refractivity contribution in [3.63, 3.8) is 0 Å². The smallest absolute Gasteiger partial charge is 0.237 e.